The number of benzene rings is 8. The van der Waals surface area contributed by atoms with Crippen molar-refractivity contribution in [1.82, 2.24) is 19.4 Å². The van der Waals surface area contributed by atoms with Crippen LogP contribution in [0, 0.1) is 0 Å². The fraction of sp³-hybridized carbons (Fsp3) is 0. The van der Waals surface area contributed by atoms with Crippen LogP contribution in [0.1, 0.15) is 0 Å². The third kappa shape index (κ3) is 4.58. The molecule has 0 saturated heterocycles. The van der Waals surface area contributed by atoms with Crippen LogP contribution in [0.4, 0.5) is 0 Å². The zero-order valence-electron chi connectivity index (χ0n) is 30.0. The lowest BCUT2D eigenvalue weighted by Gasteiger charge is -2.14. The maximum Gasteiger partial charge on any atom is 0.164 e. The van der Waals surface area contributed by atoms with Crippen molar-refractivity contribution < 1.29 is 4.42 Å². The Balaban J connectivity index is 1.16. The lowest BCUT2D eigenvalue weighted by molar-refractivity contribution is 0.669. The van der Waals surface area contributed by atoms with E-state index in [4.69, 9.17) is 19.4 Å². The van der Waals surface area contributed by atoms with Crippen LogP contribution in [0.2, 0.25) is 0 Å². The van der Waals surface area contributed by atoms with E-state index in [9.17, 15) is 0 Å². The zero-order chi connectivity index (χ0) is 36.7. The van der Waals surface area contributed by atoms with Gasteiger partial charge in [0.15, 0.2) is 17.5 Å². The van der Waals surface area contributed by atoms with E-state index in [1.165, 1.54) is 21.8 Å². The molecule has 0 saturated carbocycles. The van der Waals surface area contributed by atoms with Gasteiger partial charge in [0.1, 0.15) is 11.2 Å². The normalized spacial score (nSPS) is 11.9. The van der Waals surface area contributed by atoms with E-state index >= 15 is 0 Å². The smallest absolute Gasteiger partial charge is 0.164 e. The van der Waals surface area contributed by atoms with Crippen molar-refractivity contribution in [3.8, 4) is 56.4 Å². The highest BCUT2D eigenvalue weighted by Gasteiger charge is 2.23. The van der Waals surface area contributed by atoms with Gasteiger partial charge in [-0.3, -0.25) is 0 Å². The van der Waals surface area contributed by atoms with E-state index in [0.717, 1.165) is 77.2 Å². The molecule has 0 atom stereocenters. The van der Waals surface area contributed by atoms with Crippen molar-refractivity contribution in [2.75, 3.05) is 0 Å². The number of hydrogen-bond donors (Lipinski definition) is 0. The number of aromatic nitrogens is 4. The largest absolute Gasteiger partial charge is 0.456 e. The van der Waals surface area contributed by atoms with E-state index < -0.39 is 0 Å². The average Bonchev–Trinajstić information content (AvgIpc) is 3.78. The Hall–Kier alpha value is -7.63. The summed E-state index contributed by atoms with van der Waals surface area (Å²) in [6, 6.07) is 63.7. The van der Waals surface area contributed by atoms with Gasteiger partial charge >= 0.3 is 0 Å². The maximum absolute atomic E-state index is 6.78. The van der Waals surface area contributed by atoms with Crippen molar-refractivity contribution >= 4 is 60.0 Å². The fourth-order valence-corrected chi connectivity index (χ4v) is 8.67. The molecule has 0 aliphatic heterocycles. The summed E-state index contributed by atoms with van der Waals surface area (Å²) >= 11 is 0. The summed E-state index contributed by atoms with van der Waals surface area (Å²) in [5.41, 5.74) is 12.3. The summed E-state index contributed by atoms with van der Waals surface area (Å²) in [4.78, 5) is 15.7. The third-order valence-corrected chi connectivity index (χ3v) is 11.2. The highest BCUT2D eigenvalue weighted by molar-refractivity contribution is 6.32. The van der Waals surface area contributed by atoms with Gasteiger partial charge in [-0.1, -0.05) is 133 Å². The molecule has 56 heavy (non-hydrogen) atoms. The average molecular weight is 715 g/mol. The number of nitrogens with zero attached hydrogens (tertiary/aromatic N) is 4. The molecule has 8 aromatic carbocycles. The van der Waals surface area contributed by atoms with Crippen LogP contribution in [-0.2, 0) is 0 Å². The first-order valence-corrected chi connectivity index (χ1v) is 18.9. The SMILES string of the molecule is c1ccc(-c2ccc(-c3nc(-c4ccccc4)nc(-c4cc5oc6ccc7c8ccccc8n8c9ccccc9c(c4)c5c6c78)n3)c(-c3ccccc3)c2)cc1. The molecule has 0 aliphatic rings. The Bertz CT molecular complexity index is 3440. The number of rotatable bonds is 5. The summed E-state index contributed by atoms with van der Waals surface area (Å²) in [7, 11) is 0. The van der Waals surface area contributed by atoms with Gasteiger partial charge in [0.2, 0.25) is 0 Å². The van der Waals surface area contributed by atoms with Crippen molar-refractivity contribution in [2.24, 2.45) is 0 Å². The summed E-state index contributed by atoms with van der Waals surface area (Å²) in [5, 5.41) is 6.88. The molecule has 12 aromatic rings. The lowest BCUT2D eigenvalue weighted by Crippen LogP contribution is -2.01. The lowest BCUT2D eigenvalue weighted by atomic mass is 9.94. The van der Waals surface area contributed by atoms with Gasteiger partial charge in [0.05, 0.1) is 21.9 Å². The molecule has 0 radical (unpaired) electrons. The molecule has 0 spiro atoms. The minimum atomic E-state index is 0.579. The van der Waals surface area contributed by atoms with Crippen LogP contribution >= 0.6 is 0 Å². The molecular formula is C51H30N4O. The molecule has 260 valence electrons. The number of furan rings is 1. The van der Waals surface area contributed by atoms with Crippen LogP contribution in [-0.4, -0.2) is 19.4 Å². The fourth-order valence-electron chi connectivity index (χ4n) is 8.67. The molecule has 0 amide bonds. The van der Waals surface area contributed by atoms with Gasteiger partial charge < -0.3 is 8.82 Å². The van der Waals surface area contributed by atoms with Crippen molar-refractivity contribution in [3.63, 3.8) is 0 Å². The van der Waals surface area contributed by atoms with E-state index in [1.54, 1.807) is 0 Å². The van der Waals surface area contributed by atoms with Gasteiger partial charge in [0.25, 0.3) is 0 Å². The minimum Gasteiger partial charge on any atom is -0.456 e. The quantitative estimate of drug-likeness (QED) is 0.178. The molecule has 0 fully saturated rings. The molecule has 5 heteroatoms. The molecular weight excluding hydrogens is 685 g/mol. The van der Waals surface area contributed by atoms with E-state index in [1.807, 2.05) is 30.3 Å². The summed E-state index contributed by atoms with van der Waals surface area (Å²) in [6.45, 7) is 0. The van der Waals surface area contributed by atoms with E-state index in [-0.39, 0.29) is 0 Å². The molecule has 12 rings (SSSR count). The number of hydrogen-bond acceptors (Lipinski definition) is 4. The molecule has 0 N–H and O–H groups in total. The van der Waals surface area contributed by atoms with Gasteiger partial charge in [0, 0.05) is 38.2 Å². The summed E-state index contributed by atoms with van der Waals surface area (Å²) in [6.07, 6.45) is 0. The Morgan fingerprint density at radius 2 is 0.929 bits per heavy atom. The Kier molecular flexibility index (Phi) is 6.56. The second-order valence-corrected chi connectivity index (χ2v) is 14.4. The molecule has 5 nitrogen and oxygen atoms in total. The van der Waals surface area contributed by atoms with Crippen molar-refractivity contribution in [2.45, 2.75) is 0 Å². The monoisotopic (exact) mass is 714 g/mol. The Labute approximate surface area is 321 Å². The van der Waals surface area contributed by atoms with Crippen LogP contribution < -0.4 is 0 Å². The van der Waals surface area contributed by atoms with E-state index in [2.05, 4.69) is 156 Å². The number of para-hydroxylation sites is 2. The first-order chi connectivity index (χ1) is 27.8. The van der Waals surface area contributed by atoms with Crippen molar-refractivity contribution in [3.05, 3.63) is 182 Å². The van der Waals surface area contributed by atoms with Gasteiger partial charge in [-0.2, -0.15) is 0 Å². The molecule has 0 bridgehead atoms. The van der Waals surface area contributed by atoms with E-state index in [0.29, 0.717) is 17.5 Å². The Morgan fingerprint density at radius 1 is 0.339 bits per heavy atom. The first-order valence-electron chi connectivity index (χ1n) is 18.9. The molecule has 4 aromatic heterocycles. The highest BCUT2D eigenvalue weighted by Crippen LogP contribution is 2.45. The van der Waals surface area contributed by atoms with Crippen LogP contribution in [0.5, 0.6) is 0 Å². The summed E-state index contributed by atoms with van der Waals surface area (Å²) < 4.78 is 9.19. The first kappa shape index (κ1) is 30.8. The Morgan fingerprint density at radius 3 is 1.64 bits per heavy atom. The predicted octanol–water partition coefficient (Wildman–Crippen LogP) is 13.3. The highest BCUT2D eigenvalue weighted by atomic mass is 16.3. The van der Waals surface area contributed by atoms with Gasteiger partial charge in [-0.25, -0.2) is 15.0 Å². The molecule has 0 aliphatic carbocycles. The van der Waals surface area contributed by atoms with Crippen molar-refractivity contribution in [1.29, 1.82) is 0 Å². The second kappa shape index (κ2) is 11.9. The van der Waals surface area contributed by atoms with Gasteiger partial charge in [-0.05, 0) is 76.2 Å². The number of fused-ring (bicyclic) bond motifs is 6. The zero-order valence-corrected chi connectivity index (χ0v) is 30.0. The molecule has 0 unspecified atom stereocenters. The minimum absolute atomic E-state index is 0.579. The third-order valence-electron chi connectivity index (χ3n) is 11.2. The predicted molar refractivity (Wildman–Crippen MR) is 229 cm³/mol. The topological polar surface area (TPSA) is 56.2 Å². The summed E-state index contributed by atoms with van der Waals surface area (Å²) in [5.74, 6) is 1.79. The molecule has 4 heterocycles. The second-order valence-electron chi connectivity index (χ2n) is 14.4. The van der Waals surface area contributed by atoms with Gasteiger partial charge in [-0.15, -0.1) is 0 Å². The van der Waals surface area contributed by atoms with Crippen LogP contribution in [0.15, 0.2) is 186 Å². The van der Waals surface area contributed by atoms with Crippen LogP contribution in [0.3, 0.4) is 0 Å². The standard InChI is InChI=1S/C51H30N4O/c1-4-14-31(15-5-1)34-24-25-39(40(28-34)32-16-6-2-7-17-32)51-53-49(33-18-8-3-9-19-33)52-50(54-51)35-29-41-37-21-11-13-23-43(37)55-42-22-12-10-20-36(42)38-26-27-44-47(48(38)55)46(41)45(30-35)56-44/h1-30H. The van der Waals surface area contributed by atoms with Crippen LogP contribution in [0.25, 0.3) is 116 Å². The maximum atomic E-state index is 6.78.